The van der Waals surface area contributed by atoms with Crippen molar-refractivity contribution in [1.29, 1.82) is 0 Å². The number of hydrogen-bond donors (Lipinski definition) is 3. The van der Waals surface area contributed by atoms with Crippen molar-refractivity contribution < 1.29 is 19.4 Å². The van der Waals surface area contributed by atoms with Crippen LogP contribution >= 0.6 is 0 Å². The fourth-order valence-electron chi connectivity index (χ4n) is 2.79. The van der Waals surface area contributed by atoms with Gasteiger partial charge in [-0.05, 0) is 50.3 Å². The van der Waals surface area contributed by atoms with E-state index < -0.39 is 11.6 Å². The van der Waals surface area contributed by atoms with Crippen molar-refractivity contribution in [2.45, 2.75) is 44.2 Å². The summed E-state index contributed by atoms with van der Waals surface area (Å²) in [6.45, 7) is 2.37. The fraction of sp³-hybridized carbons (Fsp3) is 0.562. The Bertz CT molecular complexity index is 481. The number of carbonyl (C=O) groups is 1. The zero-order valence-corrected chi connectivity index (χ0v) is 12.2. The van der Waals surface area contributed by atoms with Crippen LogP contribution < -0.4 is 5.32 Å². The molecule has 1 aliphatic rings. The lowest BCUT2D eigenvalue weighted by Gasteiger charge is -2.35. The second kappa shape index (κ2) is 6.54. The molecule has 0 bridgehead atoms. The minimum Gasteiger partial charge on any atom is -0.481 e. The summed E-state index contributed by atoms with van der Waals surface area (Å²) >= 11 is 0. The lowest BCUT2D eigenvalue weighted by atomic mass is 9.78. The summed E-state index contributed by atoms with van der Waals surface area (Å²) in [6.07, 6.45) is 2.01. The summed E-state index contributed by atoms with van der Waals surface area (Å²) in [5, 5.41) is 22.7. The van der Waals surface area contributed by atoms with Gasteiger partial charge in [0.05, 0.1) is 11.5 Å². The van der Waals surface area contributed by atoms with E-state index in [2.05, 4.69) is 5.32 Å². The van der Waals surface area contributed by atoms with Gasteiger partial charge in [0.15, 0.2) is 0 Å². The molecule has 5 heteroatoms. The number of hydrogen-bond acceptors (Lipinski definition) is 3. The summed E-state index contributed by atoms with van der Waals surface area (Å²) in [5.74, 6) is -1.37. The molecule has 0 heterocycles. The Hall–Kier alpha value is -1.46. The smallest absolute Gasteiger partial charge is 0.306 e. The maximum Gasteiger partial charge on any atom is 0.306 e. The first-order valence-electron chi connectivity index (χ1n) is 7.34. The van der Waals surface area contributed by atoms with E-state index in [-0.39, 0.29) is 17.8 Å². The molecular weight excluding hydrogens is 273 g/mol. The van der Waals surface area contributed by atoms with Crippen molar-refractivity contribution in [3.63, 3.8) is 0 Å². The van der Waals surface area contributed by atoms with Crippen LogP contribution in [-0.2, 0) is 4.79 Å². The van der Waals surface area contributed by atoms with Crippen LogP contribution in [0.15, 0.2) is 24.3 Å². The highest BCUT2D eigenvalue weighted by Crippen LogP contribution is 2.32. The highest BCUT2D eigenvalue weighted by Gasteiger charge is 2.35. The molecule has 1 aliphatic carbocycles. The van der Waals surface area contributed by atoms with Crippen molar-refractivity contribution in [3.8, 4) is 0 Å². The molecule has 1 saturated carbocycles. The third-order valence-electron chi connectivity index (χ3n) is 4.37. The van der Waals surface area contributed by atoms with Gasteiger partial charge < -0.3 is 15.5 Å². The lowest BCUT2D eigenvalue weighted by Crippen LogP contribution is -2.45. The molecule has 0 aromatic heterocycles. The minimum absolute atomic E-state index is 0.00632. The first-order valence-corrected chi connectivity index (χ1v) is 7.34. The van der Waals surface area contributed by atoms with Gasteiger partial charge in [0.1, 0.15) is 5.82 Å². The predicted octanol–water partition coefficient (Wildman–Crippen LogP) is 2.48. The van der Waals surface area contributed by atoms with Crippen LogP contribution in [0.2, 0.25) is 0 Å². The van der Waals surface area contributed by atoms with Gasteiger partial charge in [0, 0.05) is 12.6 Å². The van der Waals surface area contributed by atoms with Crippen molar-refractivity contribution in [1.82, 2.24) is 5.32 Å². The summed E-state index contributed by atoms with van der Waals surface area (Å²) in [7, 11) is 0. The Morgan fingerprint density at radius 2 is 1.95 bits per heavy atom. The van der Waals surface area contributed by atoms with Gasteiger partial charge in [-0.3, -0.25) is 4.79 Å². The molecule has 116 valence electrons. The second-order valence-electron chi connectivity index (χ2n) is 5.99. The topological polar surface area (TPSA) is 69.6 Å². The van der Waals surface area contributed by atoms with Crippen LogP contribution in [0.1, 0.15) is 44.2 Å². The number of nitrogens with one attached hydrogen (secondary N) is 1. The number of rotatable bonds is 5. The molecule has 0 spiro atoms. The van der Waals surface area contributed by atoms with Crippen LogP contribution in [-0.4, -0.2) is 28.3 Å². The molecule has 2 rings (SSSR count). The molecule has 1 aromatic rings. The van der Waals surface area contributed by atoms with E-state index in [4.69, 9.17) is 5.11 Å². The first-order chi connectivity index (χ1) is 9.89. The quantitative estimate of drug-likeness (QED) is 0.780. The standard InChI is InChI=1S/C16H22FNO3/c1-11(12-2-4-14(17)5-3-12)18-10-16(21)8-6-13(7-9-16)15(19)20/h2-5,11,13,18,21H,6-10H2,1H3,(H,19,20)/t11-,13?,16?/m0/s1. The number of aliphatic hydroxyl groups is 1. The summed E-state index contributed by atoms with van der Waals surface area (Å²) in [6, 6.07) is 6.28. The van der Waals surface area contributed by atoms with Crippen molar-refractivity contribution in [2.24, 2.45) is 5.92 Å². The summed E-state index contributed by atoms with van der Waals surface area (Å²) in [4.78, 5) is 10.9. The zero-order valence-electron chi connectivity index (χ0n) is 12.2. The van der Waals surface area contributed by atoms with Gasteiger partial charge in [0.2, 0.25) is 0 Å². The number of aliphatic carboxylic acids is 1. The molecule has 0 aliphatic heterocycles. The average molecular weight is 295 g/mol. The largest absolute Gasteiger partial charge is 0.481 e. The molecule has 21 heavy (non-hydrogen) atoms. The van der Waals surface area contributed by atoms with E-state index in [1.54, 1.807) is 12.1 Å². The average Bonchev–Trinajstić information content (AvgIpc) is 2.46. The molecule has 1 fully saturated rings. The second-order valence-corrected chi connectivity index (χ2v) is 5.99. The number of benzene rings is 1. The molecule has 0 unspecified atom stereocenters. The number of carboxylic acids is 1. The van der Waals surface area contributed by atoms with Gasteiger partial charge in [0.25, 0.3) is 0 Å². The molecule has 1 atom stereocenters. The zero-order chi connectivity index (χ0) is 15.5. The Labute approximate surface area is 124 Å². The van der Waals surface area contributed by atoms with E-state index in [0.717, 1.165) is 5.56 Å². The number of halogens is 1. The highest BCUT2D eigenvalue weighted by molar-refractivity contribution is 5.70. The van der Waals surface area contributed by atoms with Gasteiger partial charge in [-0.1, -0.05) is 12.1 Å². The number of carboxylic acid groups (broad SMARTS) is 1. The molecule has 0 saturated heterocycles. The molecule has 0 radical (unpaired) electrons. The lowest BCUT2D eigenvalue weighted by molar-refractivity contribution is -0.144. The molecular formula is C16H22FNO3. The van der Waals surface area contributed by atoms with Gasteiger partial charge in [-0.15, -0.1) is 0 Å². The van der Waals surface area contributed by atoms with E-state index in [1.807, 2.05) is 6.92 Å². The van der Waals surface area contributed by atoms with E-state index in [0.29, 0.717) is 32.2 Å². The summed E-state index contributed by atoms with van der Waals surface area (Å²) < 4.78 is 12.9. The van der Waals surface area contributed by atoms with E-state index in [1.165, 1.54) is 12.1 Å². The maximum absolute atomic E-state index is 12.9. The predicted molar refractivity (Wildman–Crippen MR) is 77.4 cm³/mol. The van der Waals surface area contributed by atoms with Crippen LogP contribution in [0.5, 0.6) is 0 Å². The van der Waals surface area contributed by atoms with Crippen molar-refractivity contribution in [2.75, 3.05) is 6.54 Å². The Morgan fingerprint density at radius 3 is 2.48 bits per heavy atom. The third kappa shape index (κ3) is 4.25. The van der Waals surface area contributed by atoms with Crippen molar-refractivity contribution in [3.05, 3.63) is 35.6 Å². The highest BCUT2D eigenvalue weighted by atomic mass is 19.1. The van der Waals surface area contributed by atoms with E-state index >= 15 is 0 Å². The molecule has 0 amide bonds. The van der Waals surface area contributed by atoms with Crippen LogP contribution in [0, 0.1) is 11.7 Å². The Balaban J connectivity index is 1.85. The van der Waals surface area contributed by atoms with E-state index in [9.17, 15) is 14.3 Å². The Morgan fingerprint density at radius 1 is 1.38 bits per heavy atom. The minimum atomic E-state index is -0.847. The van der Waals surface area contributed by atoms with Crippen LogP contribution in [0.25, 0.3) is 0 Å². The van der Waals surface area contributed by atoms with Gasteiger partial charge >= 0.3 is 5.97 Å². The fourth-order valence-corrected chi connectivity index (χ4v) is 2.79. The van der Waals surface area contributed by atoms with Crippen LogP contribution in [0.4, 0.5) is 4.39 Å². The third-order valence-corrected chi connectivity index (χ3v) is 4.37. The normalized spacial score (nSPS) is 27.3. The van der Waals surface area contributed by atoms with Crippen molar-refractivity contribution >= 4 is 5.97 Å². The van der Waals surface area contributed by atoms with Crippen LogP contribution in [0.3, 0.4) is 0 Å². The SMILES string of the molecule is C[C@H](NCC1(O)CCC(C(=O)O)CC1)c1ccc(F)cc1. The van der Waals surface area contributed by atoms with Gasteiger partial charge in [-0.25, -0.2) is 4.39 Å². The molecule has 1 aromatic carbocycles. The first kappa shape index (κ1) is 15.9. The van der Waals surface area contributed by atoms with Gasteiger partial charge in [-0.2, -0.15) is 0 Å². The monoisotopic (exact) mass is 295 g/mol. The molecule has 3 N–H and O–H groups in total. The Kier molecular flexibility index (Phi) is 4.96. The summed E-state index contributed by atoms with van der Waals surface area (Å²) in [5.41, 5.74) is 0.111. The maximum atomic E-state index is 12.9. The molecule has 4 nitrogen and oxygen atoms in total.